The number of carbonyl (C=O) groups excluding carboxylic acids is 2. The van der Waals surface area contributed by atoms with Crippen LogP contribution in [0.25, 0.3) is 0 Å². The third-order valence-corrected chi connectivity index (χ3v) is 5.75. The van der Waals surface area contributed by atoms with Crippen molar-refractivity contribution in [3.8, 4) is 0 Å². The summed E-state index contributed by atoms with van der Waals surface area (Å²) in [5, 5.41) is 0. The highest BCUT2D eigenvalue weighted by atomic mass is 16.2. The Bertz CT molecular complexity index is 871. The van der Waals surface area contributed by atoms with Crippen LogP contribution in [0.2, 0.25) is 0 Å². The first-order valence-electron chi connectivity index (χ1n) is 10.2. The number of hydrazine groups is 1. The molecule has 0 radical (unpaired) electrons. The summed E-state index contributed by atoms with van der Waals surface area (Å²) in [4.78, 5) is 29.5. The summed E-state index contributed by atoms with van der Waals surface area (Å²) in [6, 6.07) is 16.0. The monoisotopic (exact) mass is 392 g/mol. The molecule has 2 aliphatic rings. The maximum Gasteiger partial charge on any atom is 0.253 e. The molecule has 152 valence electrons. The van der Waals surface area contributed by atoms with E-state index in [1.807, 2.05) is 54.0 Å². The van der Waals surface area contributed by atoms with Crippen LogP contribution in [-0.2, 0) is 4.79 Å². The second-order valence-corrected chi connectivity index (χ2v) is 8.03. The Morgan fingerprint density at radius 2 is 1.48 bits per heavy atom. The van der Waals surface area contributed by atoms with Gasteiger partial charge in [-0.25, -0.2) is 10.9 Å². The van der Waals surface area contributed by atoms with Gasteiger partial charge in [0.2, 0.25) is 5.91 Å². The maximum absolute atomic E-state index is 12.9. The number of hydrogen-bond acceptors (Lipinski definition) is 4. The fourth-order valence-electron chi connectivity index (χ4n) is 4.25. The molecule has 2 N–H and O–H groups in total. The van der Waals surface area contributed by atoms with E-state index in [0.717, 1.165) is 23.1 Å². The minimum atomic E-state index is -0.234. The van der Waals surface area contributed by atoms with E-state index in [4.69, 9.17) is 0 Å². The van der Waals surface area contributed by atoms with Crippen LogP contribution in [0.5, 0.6) is 0 Å². The Labute approximate surface area is 171 Å². The Balaban J connectivity index is 1.32. The zero-order chi connectivity index (χ0) is 20.4. The normalized spacial score (nSPS) is 22.0. The first-order valence-corrected chi connectivity index (χ1v) is 10.2. The maximum atomic E-state index is 12.9. The van der Waals surface area contributed by atoms with E-state index in [1.165, 1.54) is 5.56 Å². The Morgan fingerprint density at radius 3 is 2.14 bits per heavy atom. The second kappa shape index (κ2) is 8.35. The zero-order valence-electron chi connectivity index (χ0n) is 17.0. The lowest BCUT2D eigenvalue weighted by Gasteiger charge is -2.36. The fraction of sp³-hybridized carbons (Fsp3) is 0.391. The summed E-state index contributed by atoms with van der Waals surface area (Å²) in [6.07, 6.45) is 0.727. The summed E-state index contributed by atoms with van der Waals surface area (Å²) in [5.74, 6) is 0.156. The molecule has 0 aliphatic carbocycles. The first-order chi connectivity index (χ1) is 14.0. The molecular formula is C23H28N4O2. The molecule has 0 aromatic heterocycles. The van der Waals surface area contributed by atoms with Gasteiger partial charge in [-0.2, -0.15) is 0 Å². The number of benzene rings is 2. The molecule has 2 fully saturated rings. The lowest BCUT2D eigenvalue weighted by atomic mass is 10.0. The largest absolute Gasteiger partial charge is 0.338 e. The van der Waals surface area contributed by atoms with Crippen LogP contribution in [0.4, 0.5) is 0 Å². The first kappa shape index (κ1) is 19.6. The average molecular weight is 393 g/mol. The molecule has 2 heterocycles. The topological polar surface area (TPSA) is 64.7 Å². The van der Waals surface area contributed by atoms with E-state index in [9.17, 15) is 9.59 Å². The molecule has 2 aromatic carbocycles. The predicted molar refractivity (Wildman–Crippen MR) is 112 cm³/mol. The molecular weight excluding hydrogens is 364 g/mol. The van der Waals surface area contributed by atoms with E-state index in [-0.39, 0.29) is 23.9 Å². The Morgan fingerprint density at radius 1 is 0.862 bits per heavy atom. The summed E-state index contributed by atoms with van der Waals surface area (Å²) >= 11 is 0. The van der Waals surface area contributed by atoms with Crippen molar-refractivity contribution in [1.29, 1.82) is 0 Å². The summed E-state index contributed by atoms with van der Waals surface area (Å²) in [5.41, 5.74) is 10.5. The molecule has 6 nitrogen and oxygen atoms in total. The Hall–Kier alpha value is -2.70. The number of hydrogen-bond donors (Lipinski definition) is 2. The summed E-state index contributed by atoms with van der Waals surface area (Å²) in [7, 11) is 0. The van der Waals surface area contributed by atoms with Gasteiger partial charge in [0.05, 0.1) is 0 Å². The molecule has 2 atom stereocenters. The summed E-state index contributed by atoms with van der Waals surface area (Å²) < 4.78 is 0. The van der Waals surface area contributed by atoms with Crippen molar-refractivity contribution in [1.82, 2.24) is 20.7 Å². The average Bonchev–Trinajstić information content (AvgIpc) is 3.23. The van der Waals surface area contributed by atoms with Crippen LogP contribution in [0.3, 0.4) is 0 Å². The smallest absolute Gasteiger partial charge is 0.253 e. The molecule has 29 heavy (non-hydrogen) atoms. The number of carbonyl (C=O) groups is 2. The molecule has 2 aliphatic heterocycles. The quantitative estimate of drug-likeness (QED) is 0.841. The number of nitrogens with one attached hydrogen (secondary N) is 2. The molecule has 0 bridgehead atoms. The van der Waals surface area contributed by atoms with Crippen LogP contribution in [0.15, 0.2) is 48.5 Å². The second-order valence-electron chi connectivity index (χ2n) is 8.03. The van der Waals surface area contributed by atoms with E-state index >= 15 is 0 Å². The minimum absolute atomic E-state index is 0.0497. The SMILES string of the molecule is Cc1cc(C)cc(C(=O)N2CCN(C(=O)C3CC(c4ccccc4)NN3)CC2)c1. The van der Waals surface area contributed by atoms with E-state index < -0.39 is 0 Å². The van der Waals surface area contributed by atoms with Crippen molar-refractivity contribution < 1.29 is 9.59 Å². The number of nitrogens with zero attached hydrogens (tertiary/aromatic N) is 2. The third-order valence-electron chi connectivity index (χ3n) is 5.75. The van der Waals surface area contributed by atoms with Crippen LogP contribution in [-0.4, -0.2) is 53.8 Å². The zero-order valence-corrected chi connectivity index (χ0v) is 17.0. The Kier molecular flexibility index (Phi) is 5.65. The molecule has 6 heteroatoms. The lowest BCUT2D eigenvalue weighted by Crippen LogP contribution is -2.54. The molecule has 2 amide bonds. The van der Waals surface area contributed by atoms with Gasteiger partial charge in [-0.05, 0) is 38.0 Å². The molecule has 0 spiro atoms. The summed E-state index contributed by atoms with van der Waals surface area (Å²) in [6.45, 7) is 6.30. The van der Waals surface area contributed by atoms with Gasteiger partial charge in [0.1, 0.15) is 6.04 Å². The van der Waals surface area contributed by atoms with Gasteiger partial charge < -0.3 is 9.80 Å². The van der Waals surface area contributed by atoms with Gasteiger partial charge in [-0.1, -0.05) is 47.5 Å². The fourth-order valence-corrected chi connectivity index (χ4v) is 4.25. The third kappa shape index (κ3) is 4.33. The van der Waals surface area contributed by atoms with Gasteiger partial charge >= 0.3 is 0 Å². The van der Waals surface area contributed by atoms with Crippen molar-refractivity contribution in [3.05, 3.63) is 70.8 Å². The van der Waals surface area contributed by atoms with Gasteiger partial charge in [0, 0.05) is 37.8 Å². The molecule has 4 rings (SSSR count). The van der Waals surface area contributed by atoms with Crippen molar-refractivity contribution in [3.63, 3.8) is 0 Å². The van der Waals surface area contributed by atoms with Crippen LogP contribution in [0, 0.1) is 13.8 Å². The highest BCUT2D eigenvalue weighted by molar-refractivity contribution is 5.95. The van der Waals surface area contributed by atoms with Crippen LogP contribution >= 0.6 is 0 Å². The number of piperazine rings is 1. The predicted octanol–water partition coefficient (Wildman–Crippen LogP) is 2.20. The van der Waals surface area contributed by atoms with E-state index in [0.29, 0.717) is 26.2 Å². The van der Waals surface area contributed by atoms with Crippen molar-refractivity contribution in [2.75, 3.05) is 26.2 Å². The molecule has 2 aromatic rings. The van der Waals surface area contributed by atoms with Gasteiger partial charge in [0.25, 0.3) is 5.91 Å². The molecule has 0 saturated carbocycles. The number of rotatable bonds is 3. The van der Waals surface area contributed by atoms with Crippen LogP contribution in [0.1, 0.15) is 39.5 Å². The highest BCUT2D eigenvalue weighted by Gasteiger charge is 2.34. The standard InChI is InChI=1S/C23H28N4O2/c1-16-12-17(2)14-19(13-16)22(28)26-8-10-27(11-9-26)23(29)21-15-20(24-25-21)18-6-4-3-5-7-18/h3-7,12-14,20-21,24-25H,8-11,15H2,1-2H3. The van der Waals surface area contributed by atoms with Crippen molar-refractivity contribution >= 4 is 11.8 Å². The molecule has 2 unspecified atom stereocenters. The van der Waals surface area contributed by atoms with Gasteiger partial charge in [0.15, 0.2) is 0 Å². The van der Waals surface area contributed by atoms with Crippen molar-refractivity contribution in [2.24, 2.45) is 0 Å². The lowest BCUT2D eigenvalue weighted by molar-refractivity contribution is -0.134. The number of amides is 2. The van der Waals surface area contributed by atoms with Gasteiger partial charge in [-0.3, -0.25) is 9.59 Å². The minimum Gasteiger partial charge on any atom is -0.338 e. The van der Waals surface area contributed by atoms with Gasteiger partial charge in [-0.15, -0.1) is 0 Å². The van der Waals surface area contributed by atoms with Crippen molar-refractivity contribution in [2.45, 2.75) is 32.4 Å². The van der Waals surface area contributed by atoms with E-state index in [2.05, 4.69) is 29.1 Å². The number of aryl methyl sites for hydroxylation is 2. The van der Waals surface area contributed by atoms with E-state index in [1.54, 1.807) is 0 Å². The highest BCUT2D eigenvalue weighted by Crippen LogP contribution is 2.23. The molecule has 2 saturated heterocycles. The van der Waals surface area contributed by atoms with Crippen LogP contribution < -0.4 is 10.9 Å².